The van der Waals surface area contributed by atoms with E-state index in [0.29, 0.717) is 17.9 Å². The number of nitrogens with two attached hydrogens (primary N) is 1. The van der Waals surface area contributed by atoms with Crippen molar-refractivity contribution in [1.82, 2.24) is 4.90 Å². The third-order valence-corrected chi connectivity index (χ3v) is 8.35. The van der Waals surface area contributed by atoms with Gasteiger partial charge in [-0.1, -0.05) is 0 Å². The normalized spacial score (nSPS) is 61.3. The zero-order valence-electron chi connectivity index (χ0n) is 14.3. The topological polar surface area (TPSA) is 68.0 Å². The number of piperidine rings is 1. The van der Waals surface area contributed by atoms with Crippen molar-refractivity contribution in [3.8, 4) is 0 Å². The molecule has 2 saturated heterocycles. The van der Waals surface area contributed by atoms with Crippen LogP contribution in [0, 0.1) is 17.3 Å². The summed E-state index contributed by atoms with van der Waals surface area (Å²) in [5.74, 6) is 1.07. The van der Waals surface area contributed by atoms with Crippen LogP contribution in [0.5, 0.6) is 0 Å². The van der Waals surface area contributed by atoms with Gasteiger partial charge in [-0.05, 0) is 58.0 Å². The zero-order chi connectivity index (χ0) is 16.0. The molecule has 0 radical (unpaired) electrons. The van der Waals surface area contributed by atoms with Gasteiger partial charge in [-0.3, -0.25) is 0 Å². The Balaban J connectivity index is 1.71. The summed E-state index contributed by atoms with van der Waals surface area (Å²) in [5.41, 5.74) is 6.41. The van der Waals surface area contributed by atoms with Crippen LogP contribution in [0.2, 0.25) is 0 Å². The van der Waals surface area contributed by atoms with Gasteiger partial charge in [-0.25, -0.2) is 0 Å². The maximum absolute atomic E-state index is 10.6. The van der Waals surface area contributed by atoms with Crippen molar-refractivity contribution >= 4 is 0 Å². The first-order valence-corrected chi connectivity index (χ1v) is 9.39. The molecule has 2 aliphatic heterocycles. The van der Waals surface area contributed by atoms with Crippen LogP contribution >= 0.6 is 0 Å². The third kappa shape index (κ3) is 1.53. The Kier molecular flexibility index (Phi) is 3.08. The second-order valence-corrected chi connectivity index (χ2v) is 8.77. The first kappa shape index (κ1) is 15.1. The smallest absolute Gasteiger partial charge is 0.0919 e. The Morgan fingerprint density at radius 3 is 2.87 bits per heavy atom. The summed E-state index contributed by atoms with van der Waals surface area (Å²) < 4.78 is 12.9. The van der Waals surface area contributed by atoms with Crippen molar-refractivity contribution in [2.24, 2.45) is 23.0 Å². The minimum Gasteiger partial charge on any atom is -0.390 e. The maximum Gasteiger partial charge on any atom is 0.0919 e. The highest BCUT2D eigenvalue weighted by molar-refractivity contribution is 5.27. The van der Waals surface area contributed by atoms with Crippen molar-refractivity contribution in [3.63, 3.8) is 0 Å². The van der Waals surface area contributed by atoms with Gasteiger partial charge in [0.2, 0.25) is 0 Å². The van der Waals surface area contributed by atoms with Crippen LogP contribution in [0.3, 0.4) is 0 Å². The average molecular weight is 322 g/mol. The molecule has 2 heterocycles. The molecule has 3 saturated carbocycles. The standard InChI is InChI=1S/C18H30N2O3/c1-20-8-7-17-14-10-3-4-12(21)15(14)23-16(17)11(19)5-6-18(17,22-2)13(20)9-10/h10-16,21H,3-9,19H2,1-2H3/t10?,11-,12?,13?,14?,15?,16-,17-,18+/m0/s1. The molecule has 0 aromatic heterocycles. The number of ether oxygens (including phenoxy) is 2. The first-order valence-electron chi connectivity index (χ1n) is 9.39. The van der Waals surface area contributed by atoms with Crippen LogP contribution in [-0.2, 0) is 9.47 Å². The van der Waals surface area contributed by atoms with E-state index in [2.05, 4.69) is 11.9 Å². The molecule has 130 valence electrons. The summed E-state index contributed by atoms with van der Waals surface area (Å²) >= 11 is 0. The highest BCUT2D eigenvalue weighted by Crippen LogP contribution is 2.70. The fourth-order valence-corrected chi connectivity index (χ4v) is 7.60. The number of aliphatic hydroxyl groups is 1. The van der Waals surface area contributed by atoms with Gasteiger partial charge < -0.3 is 25.2 Å². The first-order chi connectivity index (χ1) is 11.0. The van der Waals surface area contributed by atoms with Gasteiger partial charge in [-0.15, -0.1) is 0 Å². The molecule has 5 aliphatic rings. The maximum atomic E-state index is 10.6. The molecule has 3 N–H and O–H groups in total. The van der Waals surface area contributed by atoms with E-state index >= 15 is 0 Å². The molecular weight excluding hydrogens is 292 g/mol. The van der Waals surface area contributed by atoms with Crippen molar-refractivity contribution in [2.75, 3.05) is 20.7 Å². The van der Waals surface area contributed by atoms with E-state index in [9.17, 15) is 5.11 Å². The second-order valence-electron chi connectivity index (χ2n) is 8.77. The molecule has 1 spiro atoms. The lowest BCUT2D eigenvalue weighted by atomic mass is 9.42. The Hall–Kier alpha value is -0.200. The monoisotopic (exact) mass is 322 g/mol. The van der Waals surface area contributed by atoms with E-state index in [4.69, 9.17) is 15.2 Å². The van der Waals surface area contributed by atoms with Crippen LogP contribution in [0.1, 0.15) is 38.5 Å². The molecule has 2 bridgehead atoms. The van der Waals surface area contributed by atoms with E-state index in [1.807, 2.05) is 7.11 Å². The molecular formula is C18H30N2O3. The van der Waals surface area contributed by atoms with Gasteiger partial charge in [0, 0.05) is 30.5 Å². The molecule has 0 aromatic rings. The van der Waals surface area contributed by atoms with Gasteiger partial charge >= 0.3 is 0 Å². The predicted molar refractivity (Wildman–Crippen MR) is 85.9 cm³/mol. The van der Waals surface area contributed by atoms with Crippen LogP contribution in [0.25, 0.3) is 0 Å². The van der Waals surface area contributed by atoms with E-state index in [0.717, 1.165) is 38.6 Å². The van der Waals surface area contributed by atoms with Gasteiger partial charge in [0.25, 0.3) is 0 Å². The molecule has 0 amide bonds. The fourth-order valence-electron chi connectivity index (χ4n) is 7.60. The molecule has 0 aromatic carbocycles. The van der Waals surface area contributed by atoms with Crippen molar-refractivity contribution in [2.45, 2.75) is 74.5 Å². The predicted octanol–water partition coefficient (Wildman–Crippen LogP) is 0.741. The summed E-state index contributed by atoms with van der Waals surface area (Å²) in [5, 5.41) is 10.6. The summed E-state index contributed by atoms with van der Waals surface area (Å²) in [6.07, 6.45) is 5.98. The minimum atomic E-state index is -0.325. The van der Waals surface area contributed by atoms with Crippen LogP contribution in [-0.4, -0.2) is 66.7 Å². The molecule has 5 heteroatoms. The highest BCUT2D eigenvalue weighted by Gasteiger charge is 2.77. The number of nitrogens with zero attached hydrogens (tertiary/aromatic N) is 1. The average Bonchev–Trinajstić information content (AvgIpc) is 2.91. The van der Waals surface area contributed by atoms with Gasteiger partial charge in [0.1, 0.15) is 0 Å². The van der Waals surface area contributed by atoms with Gasteiger partial charge in [0.05, 0.1) is 23.9 Å². The second kappa shape index (κ2) is 4.70. The third-order valence-electron chi connectivity index (χ3n) is 8.35. The van der Waals surface area contributed by atoms with Crippen LogP contribution in [0.4, 0.5) is 0 Å². The summed E-state index contributed by atoms with van der Waals surface area (Å²) in [4.78, 5) is 2.53. The lowest BCUT2D eigenvalue weighted by Crippen LogP contribution is -2.78. The van der Waals surface area contributed by atoms with Crippen molar-refractivity contribution < 1.29 is 14.6 Å². The number of likely N-dealkylation sites (tertiary alicyclic amines) is 1. The number of likely N-dealkylation sites (N-methyl/N-ethyl adjacent to an activating group) is 1. The molecule has 5 nitrogen and oxygen atoms in total. The molecule has 3 aliphatic carbocycles. The SMILES string of the molecule is CO[C@]12CC[C@H](N)[C@@H]3OC4C(O)CCC5CC1N(C)CC[C@]32C54. The Morgan fingerprint density at radius 1 is 1.26 bits per heavy atom. The van der Waals surface area contributed by atoms with E-state index in [-0.39, 0.29) is 35.4 Å². The van der Waals surface area contributed by atoms with E-state index in [1.54, 1.807) is 0 Å². The summed E-state index contributed by atoms with van der Waals surface area (Å²) in [6.45, 7) is 1.09. The number of aliphatic hydroxyl groups excluding tert-OH is 1. The van der Waals surface area contributed by atoms with Gasteiger partial charge in [-0.2, -0.15) is 0 Å². The van der Waals surface area contributed by atoms with Gasteiger partial charge in [0.15, 0.2) is 0 Å². The minimum absolute atomic E-state index is 0.00553. The number of hydrogen-bond acceptors (Lipinski definition) is 5. The van der Waals surface area contributed by atoms with E-state index < -0.39 is 0 Å². The summed E-state index contributed by atoms with van der Waals surface area (Å²) in [6, 6.07) is 0.550. The van der Waals surface area contributed by atoms with E-state index in [1.165, 1.54) is 6.42 Å². The van der Waals surface area contributed by atoms with Crippen molar-refractivity contribution in [3.05, 3.63) is 0 Å². The molecule has 5 fully saturated rings. The quantitative estimate of drug-likeness (QED) is 0.745. The molecule has 9 atom stereocenters. The van der Waals surface area contributed by atoms with Crippen LogP contribution < -0.4 is 5.73 Å². The highest BCUT2D eigenvalue weighted by atomic mass is 16.5. The lowest BCUT2D eigenvalue weighted by Gasteiger charge is -2.69. The summed E-state index contributed by atoms with van der Waals surface area (Å²) in [7, 11) is 4.15. The fraction of sp³-hybridized carbons (Fsp3) is 1.00. The Labute approximate surface area is 138 Å². The lowest BCUT2D eigenvalue weighted by molar-refractivity contribution is -0.267. The molecule has 23 heavy (non-hydrogen) atoms. The largest absolute Gasteiger partial charge is 0.390 e. The molecule has 5 rings (SSSR count). The number of rotatable bonds is 1. The zero-order valence-corrected chi connectivity index (χ0v) is 14.3. The number of hydrogen-bond donors (Lipinski definition) is 2. The van der Waals surface area contributed by atoms with Crippen LogP contribution in [0.15, 0.2) is 0 Å². The number of methoxy groups -OCH3 is 1. The molecule has 5 unspecified atom stereocenters. The Bertz CT molecular complexity index is 516. The van der Waals surface area contributed by atoms with Crippen molar-refractivity contribution in [1.29, 1.82) is 0 Å². The Morgan fingerprint density at radius 2 is 2.09 bits per heavy atom.